The van der Waals surface area contributed by atoms with Gasteiger partial charge in [-0.2, -0.15) is 9.98 Å². The van der Waals surface area contributed by atoms with Crippen molar-refractivity contribution in [3.63, 3.8) is 0 Å². The number of benzene rings is 2. The molecule has 1 unspecified atom stereocenters. The number of hydrogen-bond acceptors (Lipinski definition) is 4. The van der Waals surface area contributed by atoms with Crippen molar-refractivity contribution in [2.24, 2.45) is 0 Å². The number of carboxylic acids is 1. The normalized spacial score (nSPS) is 12.3. The van der Waals surface area contributed by atoms with Crippen molar-refractivity contribution in [2.75, 3.05) is 0 Å². The van der Waals surface area contributed by atoms with Crippen molar-refractivity contribution in [1.82, 2.24) is 4.72 Å². The molecule has 24 heavy (non-hydrogen) atoms. The van der Waals surface area contributed by atoms with Crippen LogP contribution in [0.25, 0.3) is 0 Å². The summed E-state index contributed by atoms with van der Waals surface area (Å²) < 4.78 is 26.9. The van der Waals surface area contributed by atoms with E-state index in [1.165, 1.54) is 18.2 Å². The maximum Gasteiger partial charge on any atom is 0.322 e. The van der Waals surface area contributed by atoms with Gasteiger partial charge in [0.25, 0.3) is 0 Å². The Bertz CT molecular complexity index is 884. The highest BCUT2D eigenvalue weighted by atomic mass is 32.2. The topological polar surface area (TPSA) is 107 Å². The van der Waals surface area contributed by atoms with E-state index in [0.29, 0.717) is 11.1 Å². The Hall–Kier alpha value is -2.69. The molecule has 0 aromatic heterocycles. The molecule has 0 aliphatic carbocycles. The van der Waals surface area contributed by atoms with Crippen LogP contribution in [0.5, 0.6) is 0 Å². The van der Waals surface area contributed by atoms with Gasteiger partial charge in [-0.05, 0) is 43.2 Å². The van der Waals surface area contributed by atoms with Crippen LogP contribution >= 0.6 is 0 Å². The SMILES string of the molecule is Cc1ccc(S(=O)(=O)NC(Cc2cccc(C#N)c2)C(=O)O)cc1. The average molecular weight is 344 g/mol. The lowest BCUT2D eigenvalue weighted by Gasteiger charge is -2.15. The number of hydrogen-bond donors (Lipinski definition) is 2. The van der Waals surface area contributed by atoms with Gasteiger partial charge >= 0.3 is 5.97 Å². The number of rotatable bonds is 6. The number of nitrogens with one attached hydrogen (secondary N) is 1. The molecule has 0 bridgehead atoms. The first-order valence-electron chi connectivity index (χ1n) is 7.12. The fourth-order valence-corrected chi connectivity index (χ4v) is 3.34. The average Bonchev–Trinajstić information content (AvgIpc) is 2.54. The molecule has 0 saturated heterocycles. The molecule has 0 radical (unpaired) electrons. The van der Waals surface area contributed by atoms with Crippen LogP contribution in [0.1, 0.15) is 16.7 Å². The van der Waals surface area contributed by atoms with Crippen molar-refractivity contribution in [3.05, 3.63) is 65.2 Å². The lowest BCUT2D eigenvalue weighted by atomic mass is 10.0. The van der Waals surface area contributed by atoms with E-state index < -0.39 is 22.0 Å². The molecular weight excluding hydrogens is 328 g/mol. The van der Waals surface area contributed by atoms with Crippen LogP contribution < -0.4 is 4.72 Å². The summed E-state index contributed by atoms with van der Waals surface area (Å²) in [6, 6.07) is 13.2. The minimum atomic E-state index is -3.95. The summed E-state index contributed by atoms with van der Waals surface area (Å²) in [6.07, 6.45) is -0.0596. The van der Waals surface area contributed by atoms with Crippen LogP contribution in [-0.2, 0) is 21.2 Å². The third-order valence-electron chi connectivity index (χ3n) is 3.42. The van der Waals surface area contributed by atoms with E-state index in [1.807, 2.05) is 13.0 Å². The fraction of sp³-hybridized carbons (Fsp3) is 0.176. The smallest absolute Gasteiger partial charge is 0.322 e. The summed E-state index contributed by atoms with van der Waals surface area (Å²) in [5.41, 5.74) is 1.85. The molecule has 7 heteroatoms. The molecule has 2 N–H and O–H groups in total. The van der Waals surface area contributed by atoms with E-state index in [-0.39, 0.29) is 11.3 Å². The predicted molar refractivity (Wildman–Crippen MR) is 87.8 cm³/mol. The highest BCUT2D eigenvalue weighted by Gasteiger charge is 2.25. The molecule has 0 fully saturated rings. The number of carbonyl (C=O) groups is 1. The number of nitriles is 1. The Morgan fingerprint density at radius 2 is 1.92 bits per heavy atom. The molecule has 0 amide bonds. The van der Waals surface area contributed by atoms with E-state index >= 15 is 0 Å². The van der Waals surface area contributed by atoms with Crippen LogP contribution in [0, 0.1) is 18.3 Å². The van der Waals surface area contributed by atoms with Crippen LogP contribution in [0.15, 0.2) is 53.4 Å². The second kappa shape index (κ2) is 7.25. The summed E-state index contributed by atoms with van der Waals surface area (Å²) >= 11 is 0. The van der Waals surface area contributed by atoms with Crippen molar-refractivity contribution in [2.45, 2.75) is 24.3 Å². The number of carboxylic acid groups (broad SMARTS) is 1. The molecule has 1 atom stereocenters. The third-order valence-corrected chi connectivity index (χ3v) is 4.91. The van der Waals surface area contributed by atoms with Crippen molar-refractivity contribution in [3.8, 4) is 6.07 Å². The molecule has 0 saturated carbocycles. The zero-order valence-electron chi connectivity index (χ0n) is 12.9. The summed E-state index contributed by atoms with van der Waals surface area (Å²) in [5, 5.41) is 18.2. The van der Waals surface area contributed by atoms with Gasteiger partial charge in [-0.1, -0.05) is 29.8 Å². The van der Waals surface area contributed by atoms with Gasteiger partial charge in [0.2, 0.25) is 10.0 Å². The minimum absolute atomic E-state index is 0.00475. The first-order valence-corrected chi connectivity index (χ1v) is 8.61. The molecule has 2 aromatic carbocycles. The monoisotopic (exact) mass is 344 g/mol. The molecule has 2 rings (SSSR count). The molecule has 0 heterocycles. The fourth-order valence-electron chi connectivity index (χ4n) is 2.16. The number of aliphatic carboxylic acids is 1. The van der Waals surface area contributed by atoms with Gasteiger partial charge < -0.3 is 5.11 Å². The minimum Gasteiger partial charge on any atom is -0.480 e. The van der Waals surface area contributed by atoms with Gasteiger partial charge in [-0.25, -0.2) is 8.42 Å². The van der Waals surface area contributed by atoms with E-state index in [9.17, 15) is 18.3 Å². The van der Waals surface area contributed by atoms with Gasteiger partial charge in [0.05, 0.1) is 16.5 Å². The van der Waals surface area contributed by atoms with Gasteiger partial charge in [0.15, 0.2) is 0 Å². The standard InChI is InChI=1S/C17H16N2O4S/c1-12-5-7-15(8-6-12)24(22,23)19-16(17(20)21)10-13-3-2-4-14(9-13)11-18/h2-9,16,19H,10H2,1H3,(H,20,21). The summed E-state index contributed by atoms with van der Waals surface area (Å²) in [5.74, 6) is -1.28. The Morgan fingerprint density at radius 1 is 1.25 bits per heavy atom. The Labute approximate surface area is 140 Å². The van der Waals surface area contributed by atoms with Crippen LogP contribution in [0.3, 0.4) is 0 Å². The van der Waals surface area contributed by atoms with Crippen molar-refractivity contribution >= 4 is 16.0 Å². The van der Waals surface area contributed by atoms with Crippen molar-refractivity contribution in [1.29, 1.82) is 5.26 Å². The summed E-state index contributed by atoms with van der Waals surface area (Å²) in [4.78, 5) is 11.4. The first-order chi connectivity index (χ1) is 11.3. The molecule has 0 spiro atoms. The van der Waals surface area contributed by atoms with E-state index in [1.54, 1.807) is 30.3 Å². The Morgan fingerprint density at radius 3 is 2.50 bits per heavy atom. The van der Waals surface area contributed by atoms with Gasteiger partial charge in [0, 0.05) is 0 Å². The van der Waals surface area contributed by atoms with Crippen LogP contribution in [0.2, 0.25) is 0 Å². The first kappa shape index (κ1) is 17.7. The molecule has 124 valence electrons. The number of sulfonamides is 1. The largest absolute Gasteiger partial charge is 0.480 e. The molecule has 2 aromatic rings. The van der Waals surface area contributed by atoms with Crippen LogP contribution in [0.4, 0.5) is 0 Å². The molecule has 6 nitrogen and oxygen atoms in total. The maximum absolute atomic E-state index is 12.3. The van der Waals surface area contributed by atoms with Gasteiger partial charge in [-0.3, -0.25) is 4.79 Å². The zero-order valence-corrected chi connectivity index (χ0v) is 13.7. The maximum atomic E-state index is 12.3. The molecule has 0 aliphatic rings. The highest BCUT2D eigenvalue weighted by molar-refractivity contribution is 7.89. The number of nitrogens with zero attached hydrogens (tertiary/aromatic N) is 1. The third kappa shape index (κ3) is 4.41. The van der Waals surface area contributed by atoms with Gasteiger partial charge in [0.1, 0.15) is 6.04 Å². The second-order valence-electron chi connectivity index (χ2n) is 5.34. The summed E-state index contributed by atoms with van der Waals surface area (Å²) in [6.45, 7) is 1.83. The van der Waals surface area contributed by atoms with Gasteiger partial charge in [-0.15, -0.1) is 0 Å². The van der Waals surface area contributed by atoms with E-state index in [4.69, 9.17) is 5.26 Å². The van der Waals surface area contributed by atoms with E-state index in [2.05, 4.69) is 4.72 Å². The lowest BCUT2D eigenvalue weighted by Crippen LogP contribution is -2.42. The van der Waals surface area contributed by atoms with E-state index in [0.717, 1.165) is 5.56 Å². The zero-order chi connectivity index (χ0) is 17.7. The Kier molecular flexibility index (Phi) is 5.34. The Balaban J connectivity index is 2.23. The predicted octanol–water partition coefficient (Wildman–Crippen LogP) is 1.84. The quantitative estimate of drug-likeness (QED) is 0.831. The van der Waals surface area contributed by atoms with Crippen LogP contribution in [-0.4, -0.2) is 25.5 Å². The molecular formula is C17H16N2O4S. The molecule has 0 aliphatic heterocycles. The highest BCUT2D eigenvalue weighted by Crippen LogP contribution is 2.13. The number of aryl methyl sites for hydroxylation is 1. The lowest BCUT2D eigenvalue weighted by molar-refractivity contribution is -0.138. The second-order valence-corrected chi connectivity index (χ2v) is 7.06. The van der Waals surface area contributed by atoms with Crippen molar-refractivity contribution < 1.29 is 18.3 Å². The summed E-state index contributed by atoms with van der Waals surface area (Å²) in [7, 11) is -3.95.